The van der Waals surface area contributed by atoms with Crippen LogP contribution in [-0.4, -0.2) is 64.9 Å². The molecule has 4 saturated heterocycles. The molecule has 0 saturated carbocycles. The van der Waals surface area contributed by atoms with E-state index < -0.39 is 18.1 Å². The van der Waals surface area contributed by atoms with Crippen molar-refractivity contribution in [3.05, 3.63) is 0 Å². The predicted octanol–water partition coefficient (Wildman–Crippen LogP) is -1.73. The molecule has 0 aromatic carbocycles. The van der Waals surface area contributed by atoms with Gasteiger partial charge in [0.25, 0.3) is 0 Å². The van der Waals surface area contributed by atoms with Crippen molar-refractivity contribution in [3.63, 3.8) is 0 Å². The van der Waals surface area contributed by atoms with Crippen LogP contribution in [-0.2, 0) is 4.79 Å². The summed E-state index contributed by atoms with van der Waals surface area (Å²) >= 11 is 0. The van der Waals surface area contributed by atoms with Crippen molar-refractivity contribution in [3.8, 4) is 0 Å². The lowest BCUT2D eigenvalue weighted by Gasteiger charge is -2.52. The number of nitrogens with one attached hydrogen (secondary N) is 1. The first-order valence-electron chi connectivity index (χ1n) is 7.18. The summed E-state index contributed by atoms with van der Waals surface area (Å²) < 4.78 is 0. The van der Waals surface area contributed by atoms with Crippen molar-refractivity contribution < 1.29 is 15.0 Å². The van der Waals surface area contributed by atoms with E-state index in [-0.39, 0.29) is 18.1 Å². The third-order valence-electron chi connectivity index (χ3n) is 5.05. The van der Waals surface area contributed by atoms with E-state index in [0.29, 0.717) is 18.8 Å². The average Bonchev–Trinajstić information content (AvgIpc) is 2.38. The molecule has 4 fully saturated rings. The highest BCUT2D eigenvalue weighted by atomic mass is 16.3. The van der Waals surface area contributed by atoms with Gasteiger partial charge in [0.15, 0.2) is 0 Å². The molecule has 2 bridgehead atoms. The molecule has 4 aliphatic heterocycles. The van der Waals surface area contributed by atoms with E-state index in [1.54, 1.807) is 0 Å². The average molecular weight is 269 g/mol. The molecule has 6 nitrogen and oxygen atoms in total. The molecule has 0 aromatic heterocycles. The van der Waals surface area contributed by atoms with Gasteiger partial charge in [0.05, 0.1) is 18.2 Å². The minimum atomic E-state index is -0.476. The molecule has 4 heterocycles. The highest BCUT2D eigenvalue weighted by Crippen LogP contribution is 2.37. The topological polar surface area (TPSA) is 98.8 Å². The molecule has 7 atom stereocenters. The number of rotatable bonds is 2. The monoisotopic (exact) mass is 269 g/mol. The molecule has 0 aliphatic carbocycles. The number of hydrogen-bond donors (Lipinski definition) is 4. The zero-order valence-corrected chi connectivity index (χ0v) is 11.0. The van der Waals surface area contributed by atoms with Crippen LogP contribution in [0.15, 0.2) is 0 Å². The van der Waals surface area contributed by atoms with E-state index in [0.717, 1.165) is 26.1 Å². The number of fused-ring (bicyclic) bond motifs is 3. The number of nitrogens with two attached hydrogens (primary N) is 1. The Labute approximate surface area is 113 Å². The normalized spacial score (nSPS) is 50.1. The number of primary amides is 1. The summed E-state index contributed by atoms with van der Waals surface area (Å²) in [6.07, 6.45) is 1.29. The van der Waals surface area contributed by atoms with Gasteiger partial charge in [-0.1, -0.05) is 0 Å². The van der Waals surface area contributed by atoms with Gasteiger partial charge >= 0.3 is 0 Å². The molecule has 4 rings (SSSR count). The Morgan fingerprint density at radius 3 is 2.63 bits per heavy atom. The highest BCUT2D eigenvalue weighted by Gasteiger charge is 2.45. The summed E-state index contributed by atoms with van der Waals surface area (Å²) in [6.45, 7) is 2.75. The zero-order chi connectivity index (χ0) is 13.6. The molecule has 1 amide bonds. The zero-order valence-electron chi connectivity index (χ0n) is 11.0. The van der Waals surface area contributed by atoms with Crippen molar-refractivity contribution in [2.24, 2.45) is 17.6 Å². The second kappa shape index (κ2) is 5.01. The first-order valence-corrected chi connectivity index (χ1v) is 7.18. The maximum absolute atomic E-state index is 11.3. The fourth-order valence-corrected chi connectivity index (χ4v) is 4.09. The molecule has 4 aliphatic rings. The van der Waals surface area contributed by atoms with E-state index in [9.17, 15) is 15.0 Å². The standard InChI is InChI=1S/C13H23N3O3/c14-13(19)11-4-7(17)3-10(15-11)9-5-16-2-1-8(9)12(18)6-16/h7-12,15,17-18H,1-6H2,(H2,14,19)/t7-,8?,9?,10?,11?,12?/m0/s1. The number of carbonyl (C=O) groups is 1. The Morgan fingerprint density at radius 2 is 2.00 bits per heavy atom. The van der Waals surface area contributed by atoms with Gasteiger partial charge in [-0.05, 0) is 37.6 Å². The fourth-order valence-electron chi connectivity index (χ4n) is 4.09. The minimum absolute atomic E-state index is 0.0731. The third kappa shape index (κ3) is 2.50. The summed E-state index contributed by atoms with van der Waals surface area (Å²) in [7, 11) is 0. The minimum Gasteiger partial charge on any atom is -0.393 e. The van der Waals surface area contributed by atoms with Gasteiger partial charge in [-0.3, -0.25) is 4.79 Å². The van der Waals surface area contributed by atoms with Crippen LogP contribution in [0.1, 0.15) is 19.3 Å². The molecular weight excluding hydrogens is 246 g/mol. The summed E-state index contributed by atoms with van der Waals surface area (Å²) in [5.41, 5.74) is 5.35. The molecule has 6 heteroatoms. The smallest absolute Gasteiger partial charge is 0.234 e. The second-order valence-electron chi connectivity index (χ2n) is 6.30. The van der Waals surface area contributed by atoms with E-state index in [1.165, 1.54) is 0 Å². The van der Waals surface area contributed by atoms with Crippen LogP contribution in [0.3, 0.4) is 0 Å². The molecule has 19 heavy (non-hydrogen) atoms. The van der Waals surface area contributed by atoms with Crippen LogP contribution in [0.5, 0.6) is 0 Å². The second-order valence-corrected chi connectivity index (χ2v) is 6.30. The largest absolute Gasteiger partial charge is 0.393 e. The third-order valence-corrected chi connectivity index (χ3v) is 5.05. The molecule has 0 radical (unpaired) electrons. The highest BCUT2D eigenvalue weighted by molar-refractivity contribution is 5.80. The van der Waals surface area contributed by atoms with Crippen LogP contribution in [0.4, 0.5) is 0 Å². The van der Waals surface area contributed by atoms with E-state index in [1.807, 2.05) is 0 Å². The van der Waals surface area contributed by atoms with Crippen LogP contribution in [0.2, 0.25) is 0 Å². The van der Waals surface area contributed by atoms with Crippen molar-refractivity contribution in [2.75, 3.05) is 19.6 Å². The van der Waals surface area contributed by atoms with Gasteiger partial charge in [0.1, 0.15) is 0 Å². The quantitative estimate of drug-likeness (QED) is 0.477. The number of carbonyl (C=O) groups excluding carboxylic acids is 1. The van der Waals surface area contributed by atoms with Gasteiger partial charge in [0.2, 0.25) is 5.91 Å². The number of aliphatic hydroxyl groups excluding tert-OH is 2. The molecule has 0 spiro atoms. The van der Waals surface area contributed by atoms with Gasteiger partial charge in [0, 0.05) is 19.1 Å². The maximum Gasteiger partial charge on any atom is 0.234 e. The number of amides is 1. The lowest BCUT2D eigenvalue weighted by molar-refractivity contribution is -0.123. The Kier molecular flexibility index (Phi) is 3.51. The first-order chi connectivity index (χ1) is 9.04. The Morgan fingerprint density at radius 1 is 1.21 bits per heavy atom. The summed E-state index contributed by atoms with van der Waals surface area (Å²) in [5.74, 6) is 0.182. The van der Waals surface area contributed by atoms with Crippen LogP contribution >= 0.6 is 0 Å². The lowest BCUT2D eigenvalue weighted by atomic mass is 9.71. The predicted molar refractivity (Wildman–Crippen MR) is 69.2 cm³/mol. The fraction of sp³-hybridized carbons (Fsp3) is 0.923. The number of hydrogen-bond acceptors (Lipinski definition) is 5. The maximum atomic E-state index is 11.3. The molecular formula is C13H23N3O3. The molecule has 0 aromatic rings. The molecule has 6 unspecified atom stereocenters. The lowest BCUT2D eigenvalue weighted by Crippen LogP contribution is -2.64. The Balaban J connectivity index is 1.72. The number of nitrogens with zero attached hydrogens (tertiary/aromatic N) is 1. The van der Waals surface area contributed by atoms with Gasteiger partial charge in [-0.25, -0.2) is 0 Å². The summed E-state index contributed by atoms with van der Waals surface area (Å²) in [6, 6.07) is -0.370. The number of aliphatic hydroxyl groups is 2. The SMILES string of the molecule is NC(=O)C1C[C@@H](O)CC(C2CN3CCC2C(O)C3)N1. The first kappa shape index (κ1) is 13.3. The van der Waals surface area contributed by atoms with Gasteiger partial charge in [-0.2, -0.15) is 0 Å². The van der Waals surface area contributed by atoms with Crippen LogP contribution in [0.25, 0.3) is 0 Å². The van der Waals surface area contributed by atoms with Gasteiger partial charge < -0.3 is 26.2 Å². The van der Waals surface area contributed by atoms with Crippen molar-refractivity contribution >= 4 is 5.91 Å². The molecule has 108 valence electrons. The van der Waals surface area contributed by atoms with Crippen molar-refractivity contribution in [1.29, 1.82) is 0 Å². The summed E-state index contributed by atoms with van der Waals surface area (Å²) in [4.78, 5) is 13.6. The van der Waals surface area contributed by atoms with E-state index in [4.69, 9.17) is 5.73 Å². The van der Waals surface area contributed by atoms with Gasteiger partial charge in [-0.15, -0.1) is 0 Å². The van der Waals surface area contributed by atoms with Crippen LogP contribution < -0.4 is 11.1 Å². The van der Waals surface area contributed by atoms with E-state index >= 15 is 0 Å². The van der Waals surface area contributed by atoms with Crippen molar-refractivity contribution in [2.45, 2.75) is 43.6 Å². The summed E-state index contributed by atoms with van der Waals surface area (Å²) in [5, 5.41) is 23.3. The number of piperidine rings is 4. The van der Waals surface area contributed by atoms with E-state index in [2.05, 4.69) is 10.2 Å². The molecule has 5 N–H and O–H groups in total. The van der Waals surface area contributed by atoms with Crippen LogP contribution in [0, 0.1) is 11.8 Å². The Hall–Kier alpha value is -0.690. The Bertz CT molecular complexity index is 365. The van der Waals surface area contributed by atoms with Crippen molar-refractivity contribution in [1.82, 2.24) is 10.2 Å².